The number of oxazole rings is 1. The van der Waals surface area contributed by atoms with Crippen LogP contribution in [0.3, 0.4) is 0 Å². The van der Waals surface area contributed by atoms with Crippen LogP contribution in [0.1, 0.15) is 19.6 Å². The highest BCUT2D eigenvalue weighted by Gasteiger charge is 2.49. The lowest BCUT2D eigenvalue weighted by Gasteiger charge is -2.06. The normalized spacial score (nSPS) is 11.3. The van der Waals surface area contributed by atoms with E-state index < -0.39 is 21.5 Å². The third-order valence-corrected chi connectivity index (χ3v) is 3.54. The fraction of sp³-hybridized carbons (Fsp3) is 0.333. The van der Waals surface area contributed by atoms with Gasteiger partial charge in [-0.25, -0.2) is 0 Å². The molecule has 0 aliphatic heterocycles. The number of aromatic nitrogens is 1. The highest BCUT2D eigenvalue weighted by Crippen LogP contribution is 2.31. The van der Waals surface area contributed by atoms with Gasteiger partial charge >= 0.3 is 21.6 Å². The lowest BCUT2D eigenvalue weighted by Crippen LogP contribution is -2.28. The molecule has 0 unspecified atom stereocenters. The van der Waals surface area contributed by atoms with Crippen LogP contribution in [0.15, 0.2) is 34.7 Å². The number of rotatable bonds is 4. The SMILES string of the molecule is CCOC(C)=O.Cc1oc(-c2ccccc2)nc1OS(=O)(=O)C(F)(F)F. The Morgan fingerprint density at radius 1 is 1.23 bits per heavy atom. The van der Waals surface area contributed by atoms with Gasteiger partial charge in [0.15, 0.2) is 5.76 Å². The van der Waals surface area contributed by atoms with Gasteiger partial charge < -0.3 is 13.3 Å². The largest absolute Gasteiger partial charge is 0.534 e. The van der Waals surface area contributed by atoms with E-state index >= 15 is 0 Å². The maximum Gasteiger partial charge on any atom is 0.534 e. The second-order valence-corrected chi connectivity index (χ2v) is 6.19. The molecule has 26 heavy (non-hydrogen) atoms. The Morgan fingerprint density at radius 3 is 2.23 bits per heavy atom. The maximum atomic E-state index is 12.2. The van der Waals surface area contributed by atoms with Gasteiger partial charge in [0.1, 0.15) is 0 Å². The predicted octanol–water partition coefficient (Wildman–Crippen LogP) is 3.45. The lowest BCUT2D eigenvalue weighted by molar-refractivity contribution is -0.140. The van der Waals surface area contributed by atoms with Crippen LogP contribution >= 0.6 is 0 Å². The molecule has 0 fully saturated rings. The summed E-state index contributed by atoms with van der Waals surface area (Å²) in [5, 5.41) is 0. The van der Waals surface area contributed by atoms with E-state index in [9.17, 15) is 26.4 Å². The highest BCUT2D eigenvalue weighted by atomic mass is 32.2. The van der Waals surface area contributed by atoms with Crippen molar-refractivity contribution in [3.63, 3.8) is 0 Å². The van der Waals surface area contributed by atoms with E-state index in [0.717, 1.165) is 0 Å². The summed E-state index contributed by atoms with van der Waals surface area (Å²) in [4.78, 5) is 13.4. The van der Waals surface area contributed by atoms with Gasteiger partial charge in [0, 0.05) is 12.5 Å². The number of alkyl halides is 3. The van der Waals surface area contributed by atoms with Gasteiger partial charge in [0.05, 0.1) is 6.61 Å². The van der Waals surface area contributed by atoms with E-state index in [1.807, 2.05) is 0 Å². The summed E-state index contributed by atoms with van der Waals surface area (Å²) in [6.07, 6.45) is 0. The van der Waals surface area contributed by atoms with Crippen LogP contribution in [0.5, 0.6) is 5.88 Å². The molecule has 0 aliphatic rings. The summed E-state index contributed by atoms with van der Waals surface area (Å²) < 4.78 is 71.8. The molecule has 0 radical (unpaired) electrons. The van der Waals surface area contributed by atoms with Crippen molar-refractivity contribution in [3.8, 4) is 17.3 Å². The van der Waals surface area contributed by atoms with E-state index in [0.29, 0.717) is 12.2 Å². The standard InChI is InChI=1S/C11H8F3NO4S.C4H8O2/c1-7-9(19-20(16,17)11(12,13)14)15-10(18-7)8-5-3-2-4-6-8;1-3-6-4(2)5/h2-6H,1H3;3H2,1-2H3. The lowest BCUT2D eigenvalue weighted by atomic mass is 10.2. The first-order valence-corrected chi connectivity index (χ1v) is 8.55. The van der Waals surface area contributed by atoms with Crippen molar-refractivity contribution in [2.75, 3.05) is 6.61 Å². The second-order valence-electron chi connectivity index (χ2n) is 4.65. The van der Waals surface area contributed by atoms with Crippen LogP contribution in [0, 0.1) is 6.92 Å². The van der Waals surface area contributed by atoms with Gasteiger partial charge in [-0.15, -0.1) is 0 Å². The van der Waals surface area contributed by atoms with Crippen LogP contribution < -0.4 is 4.18 Å². The molecular weight excluding hydrogens is 379 g/mol. The van der Waals surface area contributed by atoms with E-state index in [-0.39, 0.29) is 17.6 Å². The third-order valence-electron chi connectivity index (χ3n) is 2.59. The molecule has 0 bridgehead atoms. The maximum absolute atomic E-state index is 12.2. The first-order chi connectivity index (χ1) is 12.0. The van der Waals surface area contributed by atoms with Crippen molar-refractivity contribution >= 4 is 16.1 Å². The van der Waals surface area contributed by atoms with Crippen molar-refractivity contribution in [2.24, 2.45) is 0 Å². The van der Waals surface area contributed by atoms with Gasteiger partial charge in [-0.3, -0.25) is 4.79 Å². The average molecular weight is 395 g/mol. The van der Waals surface area contributed by atoms with Crippen molar-refractivity contribution < 1.29 is 39.7 Å². The van der Waals surface area contributed by atoms with Crippen molar-refractivity contribution in [1.29, 1.82) is 0 Å². The minimum absolute atomic E-state index is 0.0320. The summed E-state index contributed by atoms with van der Waals surface area (Å²) in [5.41, 5.74) is -5.04. The molecule has 0 aliphatic carbocycles. The minimum Gasteiger partial charge on any atom is -0.466 e. The van der Waals surface area contributed by atoms with Crippen molar-refractivity contribution in [2.45, 2.75) is 26.3 Å². The Bertz CT molecular complexity index is 831. The monoisotopic (exact) mass is 395 g/mol. The van der Waals surface area contributed by atoms with Gasteiger partial charge in [0.2, 0.25) is 5.89 Å². The van der Waals surface area contributed by atoms with Crippen LogP contribution in [0.2, 0.25) is 0 Å². The number of carbonyl (C=O) groups excluding carboxylic acids is 1. The van der Waals surface area contributed by atoms with Crippen LogP contribution in [-0.4, -0.2) is 31.5 Å². The predicted molar refractivity (Wildman–Crippen MR) is 84.6 cm³/mol. The van der Waals surface area contributed by atoms with Crippen LogP contribution in [0.25, 0.3) is 11.5 Å². The molecule has 1 heterocycles. The summed E-state index contributed by atoms with van der Waals surface area (Å²) in [7, 11) is -5.76. The quantitative estimate of drug-likeness (QED) is 0.444. The highest BCUT2D eigenvalue weighted by molar-refractivity contribution is 7.87. The summed E-state index contributed by atoms with van der Waals surface area (Å²) >= 11 is 0. The zero-order chi connectivity index (χ0) is 20.0. The molecule has 0 N–H and O–H groups in total. The molecule has 1 aromatic carbocycles. The van der Waals surface area contributed by atoms with Crippen molar-refractivity contribution in [1.82, 2.24) is 4.98 Å². The first-order valence-electron chi connectivity index (χ1n) is 7.15. The number of carbonyl (C=O) groups is 1. The number of benzene rings is 1. The molecule has 0 amide bonds. The fourth-order valence-corrected chi connectivity index (χ4v) is 1.98. The number of ether oxygens (including phenoxy) is 1. The Balaban J connectivity index is 0.000000487. The van der Waals surface area contributed by atoms with Gasteiger partial charge in [-0.2, -0.15) is 26.6 Å². The van der Waals surface area contributed by atoms with Gasteiger partial charge in [-0.1, -0.05) is 18.2 Å². The fourth-order valence-electron chi connectivity index (χ4n) is 1.52. The Morgan fingerprint density at radius 2 is 1.81 bits per heavy atom. The molecule has 0 saturated carbocycles. The van der Waals surface area contributed by atoms with Crippen LogP contribution in [0.4, 0.5) is 13.2 Å². The molecule has 0 atom stereocenters. The smallest absolute Gasteiger partial charge is 0.466 e. The first kappa shape index (κ1) is 21.5. The summed E-state index contributed by atoms with van der Waals surface area (Å²) in [6.45, 7) is 4.90. The van der Waals surface area contributed by atoms with E-state index in [4.69, 9.17) is 4.42 Å². The Kier molecular flexibility index (Phi) is 7.19. The number of hydrogen-bond donors (Lipinski definition) is 0. The summed E-state index contributed by atoms with van der Waals surface area (Å²) in [5.74, 6) is -1.15. The van der Waals surface area contributed by atoms with E-state index in [2.05, 4.69) is 13.9 Å². The minimum atomic E-state index is -5.76. The second kappa shape index (κ2) is 8.70. The molecule has 2 aromatic rings. The zero-order valence-corrected chi connectivity index (χ0v) is 14.8. The molecule has 0 spiro atoms. The van der Waals surface area contributed by atoms with Crippen molar-refractivity contribution in [3.05, 3.63) is 36.1 Å². The molecular formula is C15H16F3NO6S. The topological polar surface area (TPSA) is 95.7 Å². The number of halogens is 3. The van der Waals surface area contributed by atoms with E-state index in [1.165, 1.54) is 13.8 Å². The number of hydrogen-bond acceptors (Lipinski definition) is 7. The number of nitrogens with zero attached hydrogens (tertiary/aromatic N) is 1. The molecule has 1 aromatic heterocycles. The van der Waals surface area contributed by atoms with Gasteiger partial charge in [0.25, 0.3) is 5.88 Å². The zero-order valence-electron chi connectivity index (χ0n) is 14.0. The molecule has 11 heteroatoms. The molecule has 144 valence electrons. The molecule has 0 saturated heterocycles. The Labute approximate surface area is 147 Å². The van der Waals surface area contributed by atoms with Crippen LogP contribution in [-0.2, 0) is 19.6 Å². The number of aryl methyl sites for hydroxylation is 1. The van der Waals surface area contributed by atoms with Gasteiger partial charge in [-0.05, 0) is 26.0 Å². The Hall–Kier alpha value is -2.56. The molecule has 2 rings (SSSR count). The van der Waals surface area contributed by atoms with E-state index in [1.54, 1.807) is 37.3 Å². The third kappa shape index (κ3) is 6.06. The average Bonchev–Trinajstić information content (AvgIpc) is 2.88. The number of esters is 1. The molecule has 7 nitrogen and oxygen atoms in total. The summed E-state index contributed by atoms with van der Waals surface area (Å²) in [6, 6.07) is 8.27.